The Hall–Kier alpha value is -2.53. The molecule has 260 valence electrons. The van der Waals surface area contributed by atoms with Gasteiger partial charge in [0, 0.05) is 12.8 Å². The smallest absolute Gasteiger partial charge is 0.168 e. The number of unbranched alkanes of at least 4 members (excludes halogenated alkanes) is 1. The van der Waals surface area contributed by atoms with Crippen LogP contribution in [0, 0.1) is 12.8 Å². The summed E-state index contributed by atoms with van der Waals surface area (Å²) in [5.41, 5.74) is 7.64. The van der Waals surface area contributed by atoms with Gasteiger partial charge in [0.05, 0.1) is 19.3 Å². The maximum atomic E-state index is 10.3. The summed E-state index contributed by atoms with van der Waals surface area (Å²) in [6, 6.07) is 15.7. The van der Waals surface area contributed by atoms with Crippen molar-refractivity contribution in [3.8, 4) is 11.1 Å². The maximum absolute atomic E-state index is 10.3. The van der Waals surface area contributed by atoms with Crippen molar-refractivity contribution in [2.45, 2.75) is 145 Å². The molecular formula is C42H68O4. The first-order valence-electron chi connectivity index (χ1n) is 17.9. The van der Waals surface area contributed by atoms with Crippen LogP contribution in [0.3, 0.4) is 0 Å². The SMILES string of the molecule is C/C=C(\C)C(C)=O.C=CC.CC.CC1CCC2(CC1)OCCO2.CCc1ccc(C)c(-c2cccc(CCCCC(O)CC)c2)c1. The number of rotatable bonds is 9. The summed E-state index contributed by atoms with van der Waals surface area (Å²) in [5, 5.41) is 9.63. The summed E-state index contributed by atoms with van der Waals surface area (Å²) in [4.78, 5) is 10.3. The molecule has 2 aromatic rings. The van der Waals surface area contributed by atoms with Gasteiger partial charge in [-0.3, -0.25) is 4.79 Å². The van der Waals surface area contributed by atoms with E-state index >= 15 is 0 Å². The molecule has 4 rings (SSSR count). The number of carbonyl (C=O) groups excluding carboxylic acids is 1. The van der Waals surface area contributed by atoms with E-state index in [9.17, 15) is 9.90 Å². The number of hydrogen-bond donors (Lipinski definition) is 1. The van der Waals surface area contributed by atoms with E-state index in [1.54, 1.807) is 13.0 Å². The van der Waals surface area contributed by atoms with Crippen LogP contribution in [-0.2, 0) is 27.1 Å². The number of hydrogen-bond acceptors (Lipinski definition) is 4. The summed E-state index contributed by atoms with van der Waals surface area (Å²) in [6.07, 6.45) is 14.4. The van der Waals surface area contributed by atoms with E-state index in [0.29, 0.717) is 0 Å². The van der Waals surface area contributed by atoms with Crippen LogP contribution in [-0.4, -0.2) is 36.0 Å². The van der Waals surface area contributed by atoms with Gasteiger partial charge < -0.3 is 14.6 Å². The van der Waals surface area contributed by atoms with Gasteiger partial charge in [-0.05, 0) is 119 Å². The van der Waals surface area contributed by atoms with Crippen LogP contribution in [0.15, 0.2) is 66.8 Å². The van der Waals surface area contributed by atoms with Crippen LogP contribution in [0.25, 0.3) is 11.1 Å². The van der Waals surface area contributed by atoms with Gasteiger partial charge in [-0.25, -0.2) is 0 Å². The molecule has 4 heteroatoms. The van der Waals surface area contributed by atoms with Gasteiger partial charge >= 0.3 is 0 Å². The number of ketones is 1. The van der Waals surface area contributed by atoms with Gasteiger partial charge in [-0.2, -0.15) is 0 Å². The molecule has 1 unspecified atom stereocenters. The Morgan fingerprint density at radius 1 is 1.00 bits per heavy atom. The van der Waals surface area contributed by atoms with Gasteiger partial charge in [0.15, 0.2) is 11.6 Å². The molecule has 0 aromatic heterocycles. The number of benzene rings is 2. The molecule has 0 bridgehead atoms. The normalized spacial score (nSPS) is 15.8. The predicted molar refractivity (Wildman–Crippen MR) is 199 cm³/mol. The van der Waals surface area contributed by atoms with Gasteiger partial charge in [0.1, 0.15) is 0 Å². The number of aliphatic hydroxyl groups excluding tert-OH is 1. The first-order chi connectivity index (χ1) is 22.0. The third kappa shape index (κ3) is 17.4. The number of aliphatic hydroxyl groups is 1. The van der Waals surface area contributed by atoms with Crippen molar-refractivity contribution in [3.05, 3.63) is 83.5 Å². The van der Waals surface area contributed by atoms with Crippen LogP contribution in [0.4, 0.5) is 0 Å². The lowest BCUT2D eigenvalue weighted by molar-refractivity contribution is -0.181. The molecule has 1 saturated heterocycles. The van der Waals surface area contributed by atoms with E-state index in [4.69, 9.17) is 9.47 Å². The average molecular weight is 637 g/mol. The second-order valence-corrected chi connectivity index (χ2v) is 12.2. The highest BCUT2D eigenvalue weighted by atomic mass is 16.7. The van der Waals surface area contributed by atoms with Crippen LogP contribution in [0.5, 0.6) is 0 Å². The van der Waals surface area contributed by atoms with Crippen molar-refractivity contribution >= 4 is 5.78 Å². The Labute approximate surface area is 283 Å². The molecule has 0 radical (unpaired) electrons. The van der Waals surface area contributed by atoms with E-state index < -0.39 is 0 Å². The highest BCUT2D eigenvalue weighted by Gasteiger charge is 2.39. The van der Waals surface area contributed by atoms with E-state index in [-0.39, 0.29) is 17.7 Å². The Morgan fingerprint density at radius 2 is 1.61 bits per heavy atom. The summed E-state index contributed by atoms with van der Waals surface area (Å²) >= 11 is 0. The first kappa shape index (κ1) is 43.5. The predicted octanol–water partition coefficient (Wildman–Crippen LogP) is 11.4. The van der Waals surface area contributed by atoms with Crippen molar-refractivity contribution in [1.29, 1.82) is 0 Å². The Morgan fingerprint density at radius 3 is 2.11 bits per heavy atom. The largest absolute Gasteiger partial charge is 0.393 e. The third-order valence-corrected chi connectivity index (χ3v) is 8.51. The summed E-state index contributed by atoms with van der Waals surface area (Å²) in [6.45, 7) is 24.8. The lowest BCUT2D eigenvalue weighted by Crippen LogP contribution is -2.34. The van der Waals surface area contributed by atoms with Crippen LogP contribution in [0.1, 0.15) is 130 Å². The minimum atomic E-state index is -0.146. The molecule has 1 aliphatic carbocycles. The molecule has 46 heavy (non-hydrogen) atoms. The van der Waals surface area contributed by atoms with E-state index in [1.165, 1.54) is 40.7 Å². The summed E-state index contributed by atoms with van der Waals surface area (Å²) in [5.74, 6) is 0.878. The van der Waals surface area contributed by atoms with Crippen molar-refractivity contribution in [3.63, 3.8) is 0 Å². The fourth-order valence-corrected chi connectivity index (χ4v) is 5.20. The molecule has 1 saturated carbocycles. The zero-order chi connectivity index (χ0) is 35.0. The van der Waals surface area contributed by atoms with Gasteiger partial charge in [0.25, 0.3) is 0 Å². The van der Waals surface area contributed by atoms with E-state index in [2.05, 4.69) is 69.8 Å². The van der Waals surface area contributed by atoms with Crippen molar-refractivity contribution in [2.75, 3.05) is 13.2 Å². The van der Waals surface area contributed by atoms with Gasteiger partial charge in [-0.15, -0.1) is 6.58 Å². The molecule has 2 aromatic carbocycles. The molecule has 1 atom stereocenters. The van der Waals surface area contributed by atoms with Crippen LogP contribution < -0.4 is 0 Å². The number of aryl methyl sites for hydroxylation is 3. The quantitative estimate of drug-likeness (QED) is 0.169. The number of carbonyl (C=O) groups is 1. The van der Waals surface area contributed by atoms with Crippen molar-refractivity contribution < 1.29 is 19.4 Å². The molecule has 2 aliphatic rings. The lowest BCUT2D eigenvalue weighted by Gasteiger charge is -2.33. The number of ether oxygens (including phenoxy) is 2. The molecule has 1 aliphatic heterocycles. The fourth-order valence-electron chi connectivity index (χ4n) is 5.20. The topological polar surface area (TPSA) is 55.8 Å². The second kappa shape index (κ2) is 25.5. The monoisotopic (exact) mass is 637 g/mol. The number of Topliss-reactive ketones (excluding diaryl/α,β-unsaturated/α-hetero) is 1. The Kier molecular flexibility index (Phi) is 24.1. The van der Waals surface area contributed by atoms with E-state index in [1.807, 2.05) is 47.6 Å². The number of allylic oxidation sites excluding steroid dienone is 3. The minimum Gasteiger partial charge on any atom is -0.393 e. The molecule has 1 N–H and O–H groups in total. The van der Waals surface area contributed by atoms with Crippen molar-refractivity contribution in [2.24, 2.45) is 5.92 Å². The fraction of sp³-hybridized carbons (Fsp3) is 0.595. The zero-order valence-corrected chi connectivity index (χ0v) is 31.2. The van der Waals surface area contributed by atoms with E-state index in [0.717, 1.165) is 76.1 Å². The summed E-state index contributed by atoms with van der Waals surface area (Å²) in [7, 11) is 0. The Balaban J connectivity index is 0.000000724. The summed E-state index contributed by atoms with van der Waals surface area (Å²) < 4.78 is 11.2. The van der Waals surface area contributed by atoms with Crippen molar-refractivity contribution in [1.82, 2.24) is 0 Å². The average Bonchev–Trinajstić information content (AvgIpc) is 3.54. The molecule has 2 fully saturated rings. The molecule has 4 nitrogen and oxygen atoms in total. The van der Waals surface area contributed by atoms with Gasteiger partial charge in [0.2, 0.25) is 0 Å². The van der Waals surface area contributed by atoms with Crippen LogP contribution >= 0.6 is 0 Å². The maximum Gasteiger partial charge on any atom is 0.168 e. The first-order valence-corrected chi connectivity index (χ1v) is 17.9. The standard InChI is InChI=1S/C22H30O.C9H16O2.C6H10O.C3H6.C2H6/c1-4-18-14-13-17(3)22(16-18)20-11-8-10-19(15-20)9-6-7-12-21(23)5-2;1-8-2-4-9(5-3-8)10-6-7-11-9;1-4-5(2)6(3)7;1-3-2;1-2/h8,10-11,13-16,21,23H,4-7,9,12H2,1-3H3;8H,2-7H2,1H3;4H,1-3H3;3H,1H2,2H3;1-2H3/b;;5-4+;;. The highest BCUT2D eigenvalue weighted by Crippen LogP contribution is 2.37. The highest BCUT2D eigenvalue weighted by molar-refractivity contribution is 5.92. The molecule has 1 heterocycles. The third-order valence-electron chi connectivity index (χ3n) is 8.51. The Bertz CT molecular complexity index is 1120. The molecule has 0 amide bonds. The van der Waals surface area contributed by atoms with Gasteiger partial charge in [-0.1, -0.05) is 95.7 Å². The molecular weight excluding hydrogens is 568 g/mol. The van der Waals surface area contributed by atoms with Crippen LogP contribution in [0.2, 0.25) is 0 Å². The molecule has 1 spiro atoms. The second-order valence-electron chi connectivity index (χ2n) is 12.2. The lowest BCUT2D eigenvalue weighted by atomic mass is 9.86. The zero-order valence-electron chi connectivity index (χ0n) is 31.2. The minimum absolute atomic E-state index is 0.124.